The number of hydrogen-bond acceptors (Lipinski definition) is 4. The van der Waals surface area contributed by atoms with Crippen LogP contribution in [0.25, 0.3) is 11.3 Å². The van der Waals surface area contributed by atoms with Gasteiger partial charge in [-0.2, -0.15) is 0 Å². The van der Waals surface area contributed by atoms with E-state index in [-0.39, 0.29) is 0 Å². The largest absolute Gasteiger partial charge is 0.496 e. The van der Waals surface area contributed by atoms with Gasteiger partial charge in [0.2, 0.25) is 0 Å². The molecule has 0 spiro atoms. The summed E-state index contributed by atoms with van der Waals surface area (Å²) in [6.45, 7) is 4.41. The van der Waals surface area contributed by atoms with Crippen molar-refractivity contribution in [3.8, 4) is 17.0 Å². The second-order valence-electron chi connectivity index (χ2n) is 4.38. The number of hydrogen-bond donors (Lipinski definition) is 1. The topological polar surface area (TPSA) is 61.0 Å². The van der Waals surface area contributed by atoms with E-state index in [0.29, 0.717) is 6.54 Å². The molecule has 0 atom stereocenters. The van der Waals surface area contributed by atoms with Crippen LogP contribution in [0.5, 0.6) is 5.75 Å². The Hall–Kier alpha value is -1.94. The third-order valence-corrected chi connectivity index (χ3v) is 3.05. The maximum absolute atomic E-state index is 5.67. The standard InChI is InChI=1S/C15H19N3O/c1-4-11-5-6-15(19-3)13(7-11)14-8-12(9-16)17-10(2)18-14/h5-8H,4,9,16H2,1-3H3. The molecule has 2 aromatic rings. The van der Waals surface area contributed by atoms with Crippen LogP contribution in [0.2, 0.25) is 0 Å². The highest BCUT2D eigenvalue weighted by molar-refractivity contribution is 5.68. The second kappa shape index (κ2) is 5.80. The Labute approximate surface area is 113 Å². The first-order valence-electron chi connectivity index (χ1n) is 6.39. The van der Waals surface area contributed by atoms with Crippen molar-refractivity contribution in [3.05, 3.63) is 41.3 Å². The molecular weight excluding hydrogens is 238 g/mol. The summed E-state index contributed by atoms with van der Waals surface area (Å²) in [4.78, 5) is 8.79. The number of rotatable bonds is 4. The normalized spacial score (nSPS) is 10.5. The quantitative estimate of drug-likeness (QED) is 0.914. The molecule has 100 valence electrons. The van der Waals surface area contributed by atoms with Gasteiger partial charge in [0, 0.05) is 12.1 Å². The minimum atomic E-state index is 0.409. The fraction of sp³-hybridized carbons (Fsp3) is 0.333. The van der Waals surface area contributed by atoms with Gasteiger partial charge >= 0.3 is 0 Å². The van der Waals surface area contributed by atoms with Gasteiger partial charge in [0.05, 0.1) is 18.5 Å². The van der Waals surface area contributed by atoms with Crippen molar-refractivity contribution in [2.45, 2.75) is 26.8 Å². The van der Waals surface area contributed by atoms with Crippen LogP contribution in [0.15, 0.2) is 24.3 Å². The van der Waals surface area contributed by atoms with Gasteiger partial charge in [0.1, 0.15) is 11.6 Å². The lowest BCUT2D eigenvalue weighted by Gasteiger charge is -2.11. The fourth-order valence-electron chi connectivity index (χ4n) is 2.05. The molecule has 0 bridgehead atoms. The van der Waals surface area contributed by atoms with Gasteiger partial charge in [-0.1, -0.05) is 13.0 Å². The zero-order chi connectivity index (χ0) is 13.8. The molecular formula is C15H19N3O. The fourth-order valence-corrected chi connectivity index (χ4v) is 2.05. The van der Waals surface area contributed by atoms with Gasteiger partial charge in [-0.15, -0.1) is 0 Å². The van der Waals surface area contributed by atoms with Crippen molar-refractivity contribution in [1.82, 2.24) is 9.97 Å². The first-order valence-corrected chi connectivity index (χ1v) is 6.39. The first-order chi connectivity index (χ1) is 9.17. The zero-order valence-electron chi connectivity index (χ0n) is 11.6. The minimum Gasteiger partial charge on any atom is -0.496 e. The van der Waals surface area contributed by atoms with Gasteiger partial charge in [-0.25, -0.2) is 9.97 Å². The molecule has 0 saturated heterocycles. The maximum atomic E-state index is 5.67. The summed E-state index contributed by atoms with van der Waals surface area (Å²) in [6.07, 6.45) is 0.977. The lowest BCUT2D eigenvalue weighted by atomic mass is 10.0. The lowest BCUT2D eigenvalue weighted by molar-refractivity contribution is 0.416. The molecule has 0 aliphatic heterocycles. The van der Waals surface area contributed by atoms with Crippen molar-refractivity contribution in [3.63, 3.8) is 0 Å². The van der Waals surface area contributed by atoms with Crippen molar-refractivity contribution < 1.29 is 4.74 Å². The number of aromatic nitrogens is 2. The van der Waals surface area contributed by atoms with Crippen LogP contribution in [0.4, 0.5) is 0 Å². The van der Waals surface area contributed by atoms with Gasteiger partial charge in [0.15, 0.2) is 0 Å². The Morgan fingerprint density at radius 2 is 2.00 bits per heavy atom. The van der Waals surface area contributed by atoms with E-state index < -0.39 is 0 Å². The highest BCUT2D eigenvalue weighted by Crippen LogP contribution is 2.30. The van der Waals surface area contributed by atoms with Crippen molar-refractivity contribution in [1.29, 1.82) is 0 Å². The van der Waals surface area contributed by atoms with Crippen LogP contribution in [-0.2, 0) is 13.0 Å². The van der Waals surface area contributed by atoms with Gasteiger partial charge in [0.25, 0.3) is 0 Å². The molecule has 1 aromatic carbocycles. The summed E-state index contributed by atoms with van der Waals surface area (Å²) in [5.41, 5.74) is 9.61. The van der Waals surface area contributed by atoms with E-state index in [2.05, 4.69) is 29.0 Å². The predicted molar refractivity (Wildman–Crippen MR) is 76.0 cm³/mol. The summed E-state index contributed by atoms with van der Waals surface area (Å²) in [7, 11) is 1.67. The summed E-state index contributed by atoms with van der Waals surface area (Å²) in [5, 5.41) is 0. The molecule has 19 heavy (non-hydrogen) atoms. The van der Waals surface area contributed by atoms with Crippen LogP contribution in [0.1, 0.15) is 24.0 Å². The van der Waals surface area contributed by atoms with E-state index in [1.807, 2.05) is 19.1 Å². The number of nitrogens with two attached hydrogens (primary N) is 1. The molecule has 2 rings (SSSR count). The van der Waals surface area contributed by atoms with Gasteiger partial charge < -0.3 is 10.5 Å². The summed E-state index contributed by atoms with van der Waals surface area (Å²) < 4.78 is 5.42. The summed E-state index contributed by atoms with van der Waals surface area (Å²) in [5.74, 6) is 1.54. The molecule has 1 aromatic heterocycles. The van der Waals surface area contributed by atoms with Gasteiger partial charge in [-0.05, 0) is 37.1 Å². The Kier molecular flexibility index (Phi) is 4.12. The molecule has 0 saturated carbocycles. The molecule has 0 unspecified atom stereocenters. The van der Waals surface area contributed by atoms with Crippen LogP contribution < -0.4 is 10.5 Å². The van der Waals surface area contributed by atoms with Crippen molar-refractivity contribution >= 4 is 0 Å². The highest BCUT2D eigenvalue weighted by Gasteiger charge is 2.10. The smallest absolute Gasteiger partial charge is 0.128 e. The van der Waals surface area contributed by atoms with Crippen LogP contribution in [0, 0.1) is 6.92 Å². The monoisotopic (exact) mass is 257 g/mol. The number of nitrogens with zero attached hydrogens (tertiary/aromatic N) is 2. The molecule has 1 heterocycles. The van der Waals surface area contributed by atoms with Crippen LogP contribution in [0.3, 0.4) is 0 Å². The summed E-state index contributed by atoms with van der Waals surface area (Å²) >= 11 is 0. The summed E-state index contributed by atoms with van der Waals surface area (Å²) in [6, 6.07) is 8.08. The van der Waals surface area contributed by atoms with E-state index in [1.165, 1.54) is 5.56 Å². The predicted octanol–water partition coefficient (Wildman–Crippen LogP) is 2.48. The van der Waals surface area contributed by atoms with Crippen molar-refractivity contribution in [2.24, 2.45) is 5.73 Å². The average Bonchev–Trinajstić information content (AvgIpc) is 2.45. The average molecular weight is 257 g/mol. The molecule has 0 aliphatic rings. The number of methoxy groups -OCH3 is 1. The Bertz CT molecular complexity index is 582. The van der Waals surface area contributed by atoms with E-state index in [9.17, 15) is 0 Å². The van der Waals surface area contributed by atoms with E-state index in [1.54, 1.807) is 7.11 Å². The third kappa shape index (κ3) is 2.90. The number of aryl methyl sites for hydroxylation is 2. The molecule has 0 aliphatic carbocycles. The van der Waals surface area contributed by atoms with Crippen molar-refractivity contribution in [2.75, 3.05) is 7.11 Å². The number of ether oxygens (including phenoxy) is 1. The van der Waals surface area contributed by atoms with E-state index >= 15 is 0 Å². The Balaban J connectivity index is 2.59. The van der Waals surface area contributed by atoms with E-state index in [0.717, 1.165) is 34.9 Å². The zero-order valence-corrected chi connectivity index (χ0v) is 11.6. The minimum absolute atomic E-state index is 0.409. The number of benzene rings is 1. The molecule has 0 radical (unpaired) electrons. The van der Waals surface area contributed by atoms with Gasteiger partial charge in [-0.3, -0.25) is 0 Å². The Morgan fingerprint density at radius 3 is 2.63 bits per heavy atom. The highest BCUT2D eigenvalue weighted by atomic mass is 16.5. The molecule has 4 nitrogen and oxygen atoms in total. The lowest BCUT2D eigenvalue weighted by Crippen LogP contribution is -2.04. The molecule has 2 N–H and O–H groups in total. The SMILES string of the molecule is CCc1ccc(OC)c(-c2cc(CN)nc(C)n2)c1. The third-order valence-electron chi connectivity index (χ3n) is 3.05. The Morgan fingerprint density at radius 1 is 1.21 bits per heavy atom. The maximum Gasteiger partial charge on any atom is 0.128 e. The molecule has 0 amide bonds. The van der Waals surface area contributed by atoms with E-state index in [4.69, 9.17) is 10.5 Å². The second-order valence-corrected chi connectivity index (χ2v) is 4.38. The first kappa shape index (κ1) is 13.5. The molecule has 4 heteroatoms. The molecule has 0 fully saturated rings. The van der Waals surface area contributed by atoms with Crippen LogP contribution in [-0.4, -0.2) is 17.1 Å². The van der Waals surface area contributed by atoms with Crippen LogP contribution >= 0.6 is 0 Å².